The van der Waals surface area contributed by atoms with Gasteiger partial charge in [-0.3, -0.25) is 9.69 Å². The molecule has 1 aromatic heterocycles. The van der Waals surface area contributed by atoms with Crippen molar-refractivity contribution in [2.75, 3.05) is 45.2 Å². The second-order valence-corrected chi connectivity index (χ2v) is 10.2. The third kappa shape index (κ3) is 7.27. The Balaban J connectivity index is 1.34. The van der Waals surface area contributed by atoms with Crippen molar-refractivity contribution < 1.29 is 32.2 Å². The van der Waals surface area contributed by atoms with E-state index in [1.54, 1.807) is 43.3 Å². The Hall–Kier alpha value is -4.55. The van der Waals surface area contributed by atoms with Gasteiger partial charge in [0, 0.05) is 50.0 Å². The highest BCUT2D eigenvalue weighted by Gasteiger charge is 2.34. The SMILES string of the molecule is CCOC(=O)c1cc(Oc2ccc3c(C(=O)Nc4ccc(CN5CCN(C)CC5)c(C(F)(F)F)c4)cccc3c2)ncn1. The van der Waals surface area contributed by atoms with E-state index in [1.165, 1.54) is 24.5 Å². The molecule has 5 rings (SSSR count). The molecule has 1 amide bonds. The van der Waals surface area contributed by atoms with Gasteiger partial charge in [0.1, 0.15) is 12.1 Å². The number of carbonyl (C=O) groups is 2. The van der Waals surface area contributed by atoms with Gasteiger partial charge in [-0.2, -0.15) is 13.2 Å². The van der Waals surface area contributed by atoms with Crippen LogP contribution in [0.2, 0.25) is 0 Å². The normalized spacial score (nSPS) is 14.4. The number of halogens is 3. The number of anilines is 1. The minimum absolute atomic E-state index is 0.0487. The lowest BCUT2D eigenvalue weighted by Gasteiger charge is -2.33. The van der Waals surface area contributed by atoms with E-state index >= 15 is 0 Å². The Bertz CT molecular complexity index is 1640. The predicted molar refractivity (Wildman–Crippen MR) is 154 cm³/mol. The highest BCUT2D eigenvalue weighted by molar-refractivity contribution is 6.13. The lowest BCUT2D eigenvalue weighted by atomic mass is 10.0. The van der Waals surface area contributed by atoms with Crippen molar-refractivity contribution in [2.24, 2.45) is 0 Å². The number of ether oxygens (including phenoxy) is 2. The average Bonchev–Trinajstić information content (AvgIpc) is 2.98. The molecular weight excluding hydrogens is 563 g/mol. The minimum Gasteiger partial charge on any atom is -0.461 e. The van der Waals surface area contributed by atoms with Crippen LogP contribution in [0.25, 0.3) is 10.8 Å². The van der Waals surface area contributed by atoms with Crippen molar-refractivity contribution in [3.05, 3.63) is 89.4 Å². The van der Waals surface area contributed by atoms with Crippen LogP contribution >= 0.6 is 0 Å². The highest BCUT2D eigenvalue weighted by Crippen LogP contribution is 2.35. The van der Waals surface area contributed by atoms with Gasteiger partial charge in [0.05, 0.1) is 12.2 Å². The predicted octanol–water partition coefficient (Wildman–Crippen LogP) is 5.62. The van der Waals surface area contributed by atoms with Gasteiger partial charge in [0.2, 0.25) is 5.88 Å². The molecule has 1 aliphatic rings. The van der Waals surface area contributed by atoms with Gasteiger partial charge in [-0.15, -0.1) is 0 Å². The number of esters is 1. The zero-order valence-corrected chi connectivity index (χ0v) is 23.6. The van der Waals surface area contributed by atoms with E-state index in [4.69, 9.17) is 9.47 Å². The van der Waals surface area contributed by atoms with Crippen molar-refractivity contribution in [3.63, 3.8) is 0 Å². The van der Waals surface area contributed by atoms with Gasteiger partial charge >= 0.3 is 12.1 Å². The summed E-state index contributed by atoms with van der Waals surface area (Å²) in [6, 6.07) is 15.3. The van der Waals surface area contributed by atoms with Gasteiger partial charge in [-0.25, -0.2) is 14.8 Å². The molecular formula is C31H30F3N5O4. The summed E-state index contributed by atoms with van der Waals surface area (Å²) < 4.78 is 52.8. The maximum absolute atomic E-state index is 14.0. The monoisotopic (exact) mass is 593 g/mol. The maximum Gasteiger partial charge on any atom is 0.416 e. The molecule has 0 spiro atoms. The van der Waals surface area contributed by atoms with Crippen molar-refractivity contribution in [1.29, 1.82) is 0 Å². The van der Waals surface area contributed by atoms with Crippen LogP contribution in [0.4, 0.5) is 18.9 Å². The number of carbonyl (C=O) groups excluding carboxylic acids is 2. The zero-order chi connectivity index (χ0) is 30.6. The third-order valence-electron chi connectivity index (χ3n) is 7.11. The summed E-state index contributed by atoms with van der Waals surface area (Å²) in [5, 5.41) is 3.86. The number of nitrogens with one attached hydrogen (secondary N) is 1. The zero-order valence-electron chi connectivity index (χ0n) is 23.6. The summed E-state index contributed by atoms with van der Waals surface area (Å²) in [7, 11) is 1.99. The van der Waals surface area contributed by atoms with Crippen molar-refractivity contribution in [3.8, 4) is 11.6 Å². The molecule has 0 radical (unpaired) electrons. The Morgan fingerprint density at radius 1 is 0.977 bits per heavy atom. The second kappa shape index (κ2) is 12.8. The van der Waals surface area contributed by atoms with Crippen LogP contribution in [0.3, 0.4) is 0 Å². The highest BCUT2D eigenvalue weighted by atomic mass is 19.4. The molecule has 224 valence electrons. The molecule has 1 fully saturated rings. The Morgan fingerprint density at radius 3 is 2.51 bits per heavy atom. The molecule has 43 heavy (non-hydrogen) atoms. The number of nitrogens with zero attached hydrogens (tertiary/aromatic N) is 4. The van der Waals surface area contributed by atoms with E-state index in [9.17, 15) is 22.8 Å². The number of alkyl halides is 3. The van der Waals surface area contributed by atoms with Gasteiger partial charge < -0.3 is 19.7 Å². The first-order valence-corrected chi connectivity index (χ1v) is 13.7. The first kappa shape index (κ1) is 29.9. The number of fused-ring (bicyclic) bond motifs is 1. The summed E-state index contributed by atoms with van der Waals surface area (Å²) in [6.45, 7) is 5.04. The topological polar surface area (TPSA) is 96.9 Å². The molecule has 2 heterocycles. The summed E-state index contributed by atoms with van der Waals surface area (Å²) in [6.07, 6.45) is -3.38. The standard InChI is InChI=1S/C31H30F3N5O4/c1-3-42-30(41)27-17-28(36-19-35-27)43-23-9-10-24-20(15-23)5-4-6-25(24)29(40)37-22-8-7-21(26(16-22)31(32,33)34)18-39-13-11-38(2)12-14-39/h4-10,15-17,19H,3,11-14,18H2,1-2H3,(H,37,40). The minimum atomic E-state index is -4.57. The summed E-state index contributed by atoms with van der Waals surface area (Å²) in [4.78, 5) is 37.3. The lowest BCUT2D eigenvalue weighted by Crippen LogP contribution is -2.44. The number of hydrogen-bond donors (Lipinski definition) is 1. The fourth-order valence-electron chi connectivity index (χ4n) is 4.86. The number of hydrogen-bond acceptors (Lipinski definition) is 8. The van der Waals surface area contributed by atoms with Gasteiger partial charge in [0.25, 0.3) is 5.91 Å². The van der Waals surface area contributed by atoms with Crippen LogP contribution in [-0.2, 0) is 17.5 Å². The number of piperazine rings is 1. The van der Waals surface area contributed by atoms with E-state index in [0.717, 1.165) is 19.2 Å². The molecule has 1 N–H and O–H groups in total. The smallest absolute Gasteiger partial charge is 0.416 e. The quantitative estimate of drug-likeness (QED) is 0.263. The first-order valence-electron chi connectivity index (χ1n) is 13.7. The summed E-state index contributed by atoms with van der Waals surface area (Å²) in [5.41, 5.74) is -0.207. The summed E-state index contributed by atoms with van der Waals surface area (Å²) >= 11 is 0. The Morgan fingerprint density at radius 2 is 1.77 bits per heavy atom. The van der Waals surface area contributed by atoms with Crippen LogP contribution in [-0.4, -0.2) is 71.5 Å². The molecule has 9 nitrogen and oxygen atoms in total. The van der Waals surface area contributed by atoms with Gasteiger partial charge in [0.15, 0.2) is 5.69 Å². The first-order chi connectivity index (χ1) is 20.6. The number of aromatic nitrogens is 2. The number of rotatable bonds is 8. The molecule has 1 aliphatic heterocycles. The largest absolute Gasteiger partial charge is 0.461 e. The lowest BCUT2D eigenvalue weighted by molar-refractivity contribution is -0.138. The molecule has 1 saturated heterocycles. The van der Waals surface area contributed by atoms with E-state index in [1.807, 2.05) is 11.9 Å². The maximum atomic E-state index is 14.0. The molecule has 0 atom stereocenters. The molecule has 12 heteroatoms. The van der Waals surface area contributed by atoms with Crippen LogP contribution in [0.1, 0.15) is 38.9 Å². The fourth-order valence-corrected chi connectivity index (χ4v) is 4.86. The molecule has 3 aromatic carbocycles. The summed E-state index contributed by atoms with van der Waals surface area (Å²) in [5.74, 6) is -0.628. The van der Waals surface area contributed by atoms with Crippen LogP contribution in [0, 0.1) is 0 Å². The van der Waals surface area contributed by atoms with Gasteiger partial charge in [-0.05, 0) is 66.7 Å². The van der Waals surface area contributed by atoms with Crippen LogP contribution in [0.15, 0.2) is 67.0 Å². The molecule has 0 unspecified atom stereocenters. The molecule has 4 aromatic rings. The third-order valence-corrected chi connectivity index (χ3v) is 7.11. The molecule has 0 bridgehead atoms. The second-order valence-electron chi connectivity index (χ2n) is 10.2. The van der Waals surface area contributed by atoms with Crippen molar-refractivity contribution >= 4 is 28.3 Å². The molecule has 0 aliphatic carbocycles. The average molecular weight is 594 g/mol. The van der Waals surface area contributed by atoms with Gasteiger partial charge in [-0.1, -0.05) is 18.2 Å². The molecule has 0 saturated carbocycles. The number of benzene rings is 3. The number of amides is 1. The van der Waals surface area contributed by atoms with E-state index < -0.39 is 23.6 Å². The van der Waals surface area contributed by atoms with Crippen molar-refractivity contribution in [1.82, 2.24) is 19.8 Å². The van der Waals surface area contributed by atoms with Crippen LogP contribution in [0.5, 0.6) is 11.6 Å². The fraction of sp³-hybridized carbons (Fsp3) is 0.290. The van der Waals surface area contributed by atoms with Crippen LogP contribution < -0.4 is 10.1 Å². The number of likely N-dealkylation sites (N-methyl/N-ethyl adjacent to an activating group) is 1. The Labute approximate surface area is 246 Å². The van der Waals surface area contributed by atoms with E-state index in [2.05, 4.69) is 20.2 Å². The van der Waals surface area contributed by atoms with Crippen molar-refractivity contribution in [2.45, 2.75) is 19.6 Å². The Kier molecular flexibility index (Phi) is 8.88. The van der Waals surface area contributed by atoms with E-state index in [-0.39, 0.29) is 41.5 Å². The van der Waals surface area contributed by atoms with E-state index in [0.29, 0.717) is 29.6 Å².